The largest absolute Gasteiger partial charge is 0.438 e. The molecule has 0 radical (unpaired) electrons. The van der Waals surface area contributed by atoms with Gasteiger partial charge in [-0.1, -0.05) is 41.9 Å². The maximum absolute atomic E-state index is 13.5. The Morgan fingerprint density at radius 1 is 1.03 bits per heavy atom. The van der Waals surface area contributed by atoms with Crippen LogP contribution in [0.25, 0.3) is 10.8 Å². The summed E-state index contributed by atoms with van der Waals surface area (Å²) < 4.78 is 6.20. The first kappa shape index (κ1) is 24.6. The highest BCUT2D eigenvalue weighted by Crippen LogP contribution is 2.41. The highest BCUT2D eigenvalue weighted by atomic mass is 35.5. The fourth-order valence-corrected chi connectivity index (χ4v) is 6.57. The average molecular weight is 558 g/mol. The van der Waals surface area contributed by atoms with Crippen molar-refractivity contribution in [2.45, 2.75) is 22.1 Å². The fourth-order valence-electron chi connectivity index (χ4n) is 4.59. The SMILES string of the molecule is O=C1CC(c2ccsc2)(c2cccc(Oc3cccc4cnccc34)n2)NC(=O)C1Sc1ccccc1Cl. The van der Waals surface area contributed by atoms with Crippen LogP contribution in [0.15, 0.2) is 101 Å². The number of nitrogens with one attached hydrogen (secondary N) is 1. The van der Waals surface area contributed by atoms with E-state index in [4.69, 9.17) is 21.3 Å². The fraction of sp³-hybridized carbons (Fsp3) is 0.103. The topological polar surface area (TPSA) is 81.2 Å². The minimum absolute atomic E-state index is 0.0496. The Morgan fingerprint density at radius 2 is 1.89 bits per heavy atom. The van der Waals surface area contributed by atoms with Crippen LogP contribution in [0.3, 0.4) is 0 Å². The molecule has 1 N–H and O–H groups in total. The number of rotatable bonds is 6. The van der Waals surface area contributed by atoms with Crippen molar-refractivity contribution >= 4 is 57.2 Å². The summed E-state index contributed by atoms with van der Waals surface area (Å²) in [5.41, 5.74) is 0.206. The molecule has 2 atom stereocenters. The van der Waals surface area contributed by atoms with E-state index in [1.54, 1.807) is 30.6 Å². The first-order valence-corrected chi connectivity index (χ1v) is 14.0. The summed E-state index contributed by atoms with van der Waals surface area (Å²) in [7, 11) is 0. The van der Waals surface area contributed by atoms with Crippen molar-refractivity contribution in [2.24, 2.45) is 0 Å². The van der Waals surface area contributed by atoms with E-state index in [0.717, 1.165) is 16.3 Å². The van der Waals surface area contributed by atoms with Crippen molar-refractivity contribution in [1.82, 2.24) is 15.3 Å². The number of pyridine rings is 2. The standard InChI is InChI=1S/C29H20ClN3O3S2/c30-21-6-1-2-8-24(21)38-27-22(34)15-29(33-28(27)35,19-12-14-37-17-19)25-9-4-10-26(32-25)36-23-7-3-5-18-16-31-13-11-20(18)23/h1-14,16-17,27H,15H2,(H,33,35). The number of nitrogens with zero attached hydrogens (tertiary/aromatic N) is 2. The molecular weight excluding hydrogens is 538 g/mol. The zero-order valence-electron chi connectivity index (χ0n) is 19.8. The van der Waals surface area contributed by atoms with E-state index < -0.39 is 10.8 Å². The van der Waals surface area contributed by atoms with Gasteiger partial charge in [-0.05, 0) is 52.7 Å². The summed E-state index contributed by atoms with van der Waals surface area (Å²) in [4.78, 5) is 36.7. The van der Waals surface area contributed by atoms with Crippen LogP contribution in [-0.4, -0.2) is 26.9 Å². The van der Waals surface area contributed by atoms with Gasteiger partial charge in [0.05, 0.1) is 10.7 Å². The third-order valence-electron chi connectivity index (χ3n) is 6.42. The summed E-state index contributed by atoms with van der Waals surface area (Å²) >= 11 is 8.96. The van der Waals surface area contributed by atoms with Gasteiger partial charge in [0.25, 0.3) is 0 Å². The Bertz CT molecular complexity index is 1640. The molecular formula is C29H20ClN3O3S2. The second-order valence-corrected chi connectivity index (χ2v) is 11.1. The number of piperidine rings is 1. The number of hydrogen-bond donors (Lipinski definition) is 1. The van der Waals surface area contributed by atoms with E-state index in [1.165, 1.54) is 23.1 Å². The summed E-state index contributed by atoms with van der Waals surface area (Å²) in [5, 5.41) is 8.44. The number of amides is 1. The number of carbonyl (C=O) groups excluding carboxylic acids is 2. The molecule has 0 saturated carbocycles. The summed E-state index contributed by atoms with van der Waals surface area (Å²) in [6.45, 7) is 0. The molecule has 1 aliphatic heterocycles. The monoisotopic (exact) mass is 557 g/mol. The van der Waals surface area contributed by atoms with Crippen LogP contribution in [0.2, 0.25) is 5.02 Å². The van der Waals surface area contributed by atoms with Gasteiger partial charge in [-0.2, -0.15) is 11.3 Å². The van der Waals surface area contributed by atoms with E-state index in [-0.39, 0.29) is 18.1 Å². The zero-order valence-corrected chi connectivity index (χ0v) is 22.2. The second-order valence-electron chi connectivity index (χ2n) is 8.79. The molecule has 0 aliphatic carbocycles. The molecule has 1 fully saturated rings. The first-order chi connectivity index (χ1) is 18.5. The van der Waals surface area contributed by atoms with Gasteiger partial charge in [0.15, 0.2) is 5.78 Å². The van der Waals surface area contributed by atoms with E-state index >= 15 is 0 Å². The maximum atomic E-state index is 13.5. The average Bonchev–Trinajstić information content (AvgIpc) is 3.48. The van der Waals surface area contributed by atoms with E-state index in [1.807, 2.05) is 65.4 Å². The number of halogens is 1. The quantitative estimate of drug-likeness (QED) is 0.236. The summed E-state index contributed by atoms with van der Waals surface area (Å²) in [6, 6.07) is 22.1. The molecule has 9 heteroatoms. The molecule has 1 aliphatic rings. The summed E-state index contributed by atoms with van der Waals surface area (Å²) in [5.74, 6) is 0.418. The number of aromatic nitrogens is 2. The lowest BCUT2D eigenvalue weighted by Crippen LogP contribution is -2.58. The first-order valence-electron chi connectivity index (χ1n) is 11.8. The number of ketones is 1. The van der Waals surface area contributed by atoms with Gasteiger partial charge in [-0.15, -0.1) is 11.8 Å². The molecule has 2 aromatic carbocycles. The predicted molar refractivity (Wildman–Crippen MR) is 150 cm³/mol. The molecule has 0 spiro atoms. The van der Waals surface area contributed by atoms with Gasteiger partial charge in [-0.25, -0.2) is 4.98 Å². The lowest BCUT2D eigenvalue weighted by molar-refractivity contribution is -0.133. The zero-order chi connectivity index (χ0) is 26.1. The Balaban J connectivity index is 1.35. The molecule has 1 saturated heterocycles. The smallest absolute Gasteiger partial charge is 0.242 e. The van der Waals surface area contributed by atoms with Gasteiger partial charge in [-0.3, -0.25) is 14.6 Å². The van der Waals surface area contributed by atoms with Gasteiger partial charge >= 0.3 is 0 Å². The Labute approximate surface area is 232 Å². The Morgan fingerprint density at radius 3 is 2.71 bits per heavy atom. The van der Waals surface area contributed by atoms with Crippen molar-refractivity contribution in [3.05, 3.63) is 112 Å². The normalized spacial score (nSPS) is 19.3. The number of fused-ring (bicyclic) bond motifs is 1. The van der Waals surface area contributed by atoms with Gasteiger partial charge in [0, 0.05) is 40.5 Å². The molecule has 5 aromatic rings. The van der Waals surface area contributed by atoms with Gasteiger partial charge in [0.1, 0.15) is 16.5 Å². The van der Waals surface area contributed by atoms with E-state index in [9.17, 15) is 9.59 Å². The number of Topliss-reactive ketones (excluding diaryl/α,β-unsaturated/α-hetero) is 1. The third-order valence-corrected chi connectivity index (χ3v) is 8.87. The lowest BCUT2D eigenvalue weighted by atomic mass is 9.79. The van der Waals surface area contributed by atoms with Crippen LogP contribution in [0, 0.1) is 0 Å². The number of benzene rings is 2. The van der Waals surface area contributed by atoms with Crippen molar-refractivity contribution in [1.29, 1.82) is 0 Å². The summed E-state index contributed by atoms with van der Waals surface area (Å²) in [6.07, 6.45) is 3.54. The van der Waals surface area contributed by atoms with Crippen LogP contribution < -0.4 is 10.1 Å². The number of hydrogen-bond acceptors (Lipinski definition) is 7. The molecule has 6 nitrogen and oxygen atoms in total. The van der Waals surface area contributed by atoms with Crippen LogP contribution >= 0.6 is 34.7 Å². The molecule has 2 unspecified atom stereocenters. The van der Waals surface area contributed by atoms with E-state index in [0.29, 0.717) is 27.2 Å². The molecule has 6 rings (SSSR count). The van der Waals surface area contributed by atoms with Crippen molar-refractivity contribution in [2.75, 3.05) is 0 Å². The van der Waals surface area contributed by atoms with Crippen LogP contribution in [-0.2, 0) is 15.1 Å². The van der Waals surface area contributed by atoms with Crippen molar-refractivity contribution in [3.8, 4) is 11.6 Å². The molecule has 188 valence electrons. The molecule has 3 aromatic heterocycles. The van der Waals surface area contributed by atoms with Gasteiger partial charge < -0.3 is 10.1 Å². The molecule has 38 heavy (non-hydrogen) atoms. The number of ether oxygens (including phenoxy) is 1. The number of carbonyl (C=O) groups is 2. The highest BCUT2D eigenvalue weighted by molar-refractivity contribution is 8.01. The minimum Gasteiger partial charge on any atom is -0.438 e. The Hall–Kier alpha value is -3.72. The second kappa shape index (κ2) is 10.2. The number of thioether (sulfide) groups is 1. The molecule has 1 amide bonds. The van der Waals surface area contributed by atoms with Crippen LogP contribution in [0.4, 0.5) is 0 Å². The Kier molecular flexibility index (Phi) is 6.61. The maximum Gasteiger partial charge on any atom is 0.242 e. The number of thiophene rings is 1. The van der Waals surface area contributed by atoms with Gasteiger partial charge in [0.2, 0.25) is 11.8 Å². The molecule has 0 bridgehead atoms. The van der Waals surface area contributed by atoms with Crippen molar-refractivity contribution in [3.63, 3.8) is 0 Å². The predicted octanol–water partition coefficient (Wildman–Crippen LogP) is 6.63. The van der Waals surface area contributed by atoms with Crippen LogP contribution in [0.1, 0.15) is 17.7 Å². The van der Waals surface area contributed by atoms with E-state index in [2.05, 4.69) is 10.3 Å². The third kappa shape index (κ3) is 4.55. The highest BCUT2D eigenvalue weighted by Gasteiger charge is 2.48. The van der Waals surface area contributed by atoms with Crippen LogP contribution in [0.5, 0.6) is 11.6 Å². The molecule has 4 heterocycles. The lowest BCUT2D eigenvalue weighted by Gasteiger charge is -2.39. The minimum atomic E-state index is -1.12. The van der Waals surface area contributed by atoms with Crippen molar-refractivity contribution < 1.29 is 14.3 Å².